The molecule has 7 heteroatoms. The van der Waals surface area contributed by atoms with Gasteiger partial charge in [0.15, 0.2) is 0 Å². The Labute approximate surface area is 120 Å². The van der Waals surface area contributed by atoms with Crippen LogP contribution in [0.1, 0.15) is 13.8 Å². The van der Waals surface area contributed by atoms with E-state index < -0.39 is 15.8 Å². The van der Waals surface area contributed by atoms with E-state index in [1.165, 1.54) is 16.4 Å². The average Bonchev–Trinajstić information content (AvgIpc) is 2.31. The zero-order chi connectivity index (χ0) is 14.2. The van der Waals surface area contributed by atoms with Gasteiger partial charge in [0.2, 0.25) is 10.0 Å². The molecule has 0 bridgehead atoms. The lowest BCUT2D eigenvalue weighted by molar-refractivity contribution is -0.0440. The molecule has 0 saturated carbocycles. The van der Waals surface area contributed by atoms with Gasteiger partial charge < -0.3 is 4.74 Å². The third kappa shape index (κ3) is 3.16. The summed E-state index contributed by atoms with van der Waals surface area (Å²) in [5, 5.41) is 0. The molecule has 19 heavy (non-hydrogen) atoms. The number of hydrogen-bond donors (Lipinski definition) is 0. The number of ether oxygens (including phenoxy) is 1. The highest BCUT2D eigenvalue weighted by Gasteiger charge is 2.32. The molecule has 106 valence electrons. The molecule has 0 aromatic heterocycles. The summed E-state index contributed by atoms with van der Waals surface area (Å²) >= 11 is 3.01. The molecule has 1 heterocycles. The van der Waals surface area contributed by atoms with Gasteiger partial charge in [-0.05, 0) is 48.0 Å². The molecule has 1 aliphatic rings. The Morgan fingerprint density at radius 3 is 2.42 bits per heavy atom. The monoisotopic (exact) mass is 351 g/mol. The number of halogens is 2. The van der Waals surface area contributed by atoms with Gasteiger partial charge in [-0.25, -0.2) is 12.8 Å². The molecule has 2 atom stereocenters. The molecule has 0 amide bonds. The highest BCUT2D eigenvalue weighted by Crippen LogP contribution is 2.24. The van der Waals surface area contributed by atoms with Crippen molar-refractivity contribution in [1.82, 2.24) is 4.31 Å². The summed E-state index contributed by atoms with van der Waals surface area (Å²) < 4.78 is 45.4. The van der Waals surface area contributed by atoms with Gasteiger partial charge in [-0.15, -0.1) is 0 Å². The second kappa shape index (κ2) is 5.47. The lowest BCUT2D eigenvalue weighted by Gasteiger charge is -2.34. The average molecular weight is 352 g/mol. The second-order valence-electron chi connectivity index (χ2n) is 4.66. The summed E-state index contributed by atoms with van der Waals surface area (Å²) in [6.45, 7) is 4.20. The van der Waals surface area contributed by atoms with E-state index >= 15 is 0 Å². The van der Waals surface area contributed by atoms with Crippen LogP contribution in [0.5, 0.6) is 0 Å². The minimum Gasteiger partial charge on any atom is -0.373 e. The summed E-state index contributed by atoms with van der Waals surface area (Å²) in [6.07, 6.45) is -0.336. The zero-order valence-corrected chi connectivity index (χ0v) is 13.0. The standard InChI is InChI=1S/C12H15BrFNO3S/c1-8-6-15(7-9(2)18-8)19(16,17)10-3-4-11(13)12(14)5-10/h3-5,8-9H,6-7H2,1-2H3/t8-,9+. The molecule has 0 radical (unpaired) electrons. The van der Waals surface area contributed by atoms with Crippen molar-refractivity contribution >= 4 is 26.0 Å². The van der Waals surface area contributed by atoms with Crippen LogP contribution in [0.25, 0.3) is 0 Å². The van der Waals surface area contributed by atoms with E-state index in [0.29, 0.717) is 0 Å². The van der Waals surface area contributed by atoms with Crippen LogP contribution in [-0.4, -0.2) is 38.0 Å². The summed E-state index contributed by atoms with van der Waals surface area (Å²) in [4.78, 5) is -0.0329. The van der Waals surface area contributed by atoms with Gasteiger partial charge in [-0.2, -0.15) is 4.31 Å². The van der Waals surface area contributed by atoms with Crippen LogP contribution < -0.4 is 0 Å². The van der Waals surface area contributed by atoms with Gasteiger partial charge in [0.25, 0.3) is 0 Å². The van der Waals surface area contributed by atoms with Gasteiger partial charge in [0.05, 0.1) is 21.6 Å². The highest BCUT2D eigenvalue weighted by molar-refractivity contribution is 9.10. The smallest absolute Gasteiger partial charge is 0.243 e. The Morgan fingerprint density at radius 1 is 1.32 bits per heavy atom. The molecule has 1 aliphatic heterocycles. The van der Waals surface area contributed by atoms with Crippen molar-refractivity contribution in [2.24, 2.45) is 0 Å². The maximum absolute atomic E-state index is 13.5. The summed E-state index contributed by atoms with van der Waals surface area (Å²) in [5.74, 6) is -0.588. The third-order valence-electron chi connectivity index (χ3n) is 2.91. The molecule has 1 saturated heterocycles. The molecule has 1 aromatic rings. The molecular formula is C12H15BrFNO3S. The van der Waals surface area contributed by atoms with E-state index in [2.05, 4.69) is 15.9 Å². The first-order valence-corrected chi connectivity index (χ1v) is 8.14. The normalized spacial score (nSPS) is 25.5. The Bertz CT molecular complexity index is 568. The minimum atomic E-state index is -3.67. The van der Waals surface area contributed by atoms with Crippen molar-refractivity contribution in [3.05, 3.63) is 28.5 Å². The number of morpholine rings is 1. The number of benzene rings is 1. The van der Waals surface area contributed by atoms with E-state index in [0.717, 1.165) is 6.07 Å². The lowest BCUT2D eigenvalue weighted by Crippen LogP contribution is -2.48. The highest BCUT2D eigenvalue weighted by atomic mass is 79.9. The first-order chi connectivity index (χ1) is 8.80. The number of hydrogen-bond acceptors (Lipinski definition) is 3. The van der Waals surface area contributed by atoms with Crippen molar-refractivity contribution in [1.29, 1.82) is 0 Å². The first-order valence-electron chi connectivity index (χ1n) is 5.91. The van der Waals surface area contributed by atoms with Crippen LogP contribution in [0.3, 0.4) is 0 Å². The number of sulfonamides is 1. The fourth-order valence-electron chi connectivity index (χ4n) is 2.11. The Hall–Kier alpha value is -0.500. The SMILES string of the molecule is C[C@@H]1CN(S(=O)(=O)c2ccc(Br)c(F)c2)C[C@H](C)O1. The van der Waals surface area contributed by atoms with Crippen molar-refractivity contribution in [3.8, 4) is 0 Å². The van der Waals surface area contributed by atoms with Crippen LogP contribution >= 0.6 is 15.9 Å². The summed E-state index contributed by atoms with van der Waals surface area (Å²) in [7, 11) is -3.67. The van der Waals surface area contributed by atoms with E-state index in [9.17, 15) is 12.8 Å². The molecular weight excluding hydrogens is 337 g/mol. The quantitative estimate of drug-likeness (QED) is 0.821. The van der Waals surface area contributed by atoms with Crippen LogP contribution in [-0.2, 0) is 14.8 Å². The Morgan fingerprint density at radius 2 is 1.89 bits per heavy atom. The van der Waals surface area contributed by atoms with Gasteiger partial charge >= 0.3 is 0 Å². The zero-order valence-electron chi connectivity index (χ0n) is 10.6. The van der Waals surface area contributed by atoms with Crippen molar-refractivity contribution in [3.63, 3.8) is 0 Å². The van der Waals surface area contributed by atoms with E-state index in [1.807, 2.05) is 13.8 Å². The number of nitrogens with zero attached hydrogens (tertiary/aromatic N) is 1. The van der Waals surface area contributed by atoms with E-state index in [4.69, 9.17) is 4.74 Å². The van der Waals surface area contributed by atoms with Gasteiger partial charge in [0.1, 0.15) is 5.82 Å². The van der Waals surface area contributed by atoms with Crippen molar-refractivity contribution < 1.29 is 17.5 Å². The van der Waals surface area contributed by atoms with Crippen LogP contribution in [0, 0.1) is 5.82 Å². The Kier molecular flexibility index (Phi) is 4.29. The molecule has 0 unspecified atom stereocenters. The van der Waals surface area contributed by atoms with Crippen LogP contribution in [0.2, 0.25) is 0 Å². The second-order valence-corrected chi connectivity index (χ2v) is 7.45. The van der Waals surface area contributed by atoms with Gasteiger partial charge in [-0.3, -0.25) is 0 Å². The molecule has 0 aliphatic carbocycles. The van der Waals surface area contributed by atoms with E-state index in [1.54, 1.807) is 0 Å². The maximum atomic E-state index is 13.5. The minimum absolute atomic E-state index is 0.0329. The molecule has 1 fully saturated rings. The third-order valence-corrected chi connectivity index (χ3v) is 5.39. The summed E-state index contributed by atoms with van der Waals surface area (Å²) in [5.41, 5.74) is 0. The fraction of sp³-hybridized carbons (Fsp3) is 0.500. The van der Waals surface area contributed by atoms with Gasteiger partial charge in [-0.1, -0.05) is 0 Å². The summed E-state index contributed by atoms with van der Waals surface area (Å²) in [6, 6.07) is 3.83. The first kappa shape index (κ1) is 14.9. The Balaban J connectivity index is 2.33. The predicted molar refractivity (Wildman–Crippen MR) is 72.9 cm³/mol. The molecule has 0 spiro atoms. The maximum Gasteiger partial charge on any atom is 0.243 e. The molecule has 4 nitrogen and oxygen atoms in total. The number of rotatable bonds is 2. The van der Waals surface area contributed by atoms with Crippen LogP contribution in [0.4, 0.5) is 4.39 Å². The predicted octanol–water partition coefficient (Wildman–Crippen LogP) is 2.39. The molecule has 2 rings (SSSR count). The topological polar surface area (TPSA) is 46.6 Å². The lowest BCUT2D eigenvalue weighted by atomic mass is 10.3. The molecule has 1 aromatic carbocycles. The largest absolute Gasteiger partial charge is 0.373 e. The molecule has 0 N–H and O–H groups in total. The van der Waals surface area contributed by atoms with Crippen molar-refractivity contribution in [2.45, 2.75) is 31.0 Å². The fourth-order valence-corrected chi connectivity index (χ4v) is 3.96. The van der Waals surface area contributed by atoms with Crippen molar-refractivity contribution in [2.75, 3.05) is 13.1 Å². The van der Waals surface area contributed by atoms with Crippen LogP contribution in [0.15, 0.2) is 27.6 Å². The van der Waals surface area contributed by atoms with E-state index in [-0.39, 0.29) is 34.7 Å². The van der Waals surface area contributed by atoms with Gasteiger partial charge in [0, 0.05) is 13.1 Å².